The van der Waals surface area contributed by atoms with Crippen molar-refractivity contribution in [3.63, 3.8) is 0 Å². The number of thiophene rings is 1. The molecule has 2 heterocycles. The van der Waals surface area contributed by atoms with Gasteiger partial charge in [-0.25, -0.2) is 18.1 Å². The number of hydrogen-bond acceptors (Lipinski definition) is 5. The van der Waals surface area contributed by atoms with Gasteiger partial charge in [0.2, 0.25) is 10.0 Å². The number of nitrogens with zero attached hydrogens (tertiary/aromatic N) is 1. The van der Waals surface area contributed by atoms with Gasteiger partial charge in [0.25, 0.3) is 0 Å². The molecule has 0 saturated carbocycles. The van der Waals surface area contributed by atoms with Crippen LogP contribution in [0.25, 0.3) is 0 Å². The predicted octanol–water partition coefficient (Wildman–Crippen LogP) is 0.408. The monoisotopic (exact) mass is 272 g/mol. The molecule has 0 aliphatic heterocycles. The maximum absolute atomic E-state index is 11.9. The van der Waals surface area contributed by atoms with Crippen molar-refractivity contribution in [1.82, 2.24) is 14.7 Å². The Morgan fingerprint density at radius 3 is 2.94 bits per heavy atom. The average molecular weight is 272 g/mol. The lowest BCUT2D eigenvalue weighted by molar-refractivity contribution is 0.581. The quantitative estimate of drug-likeness (QED) is 0.733. The molecule has 0 fully saturated rings. The summed E-state index contributed by atoms with van der Waals surface area (Å²) >= 11 is 1.16. The van der Waals surface area contributed by atoms with Crippen molar-refractivity contribution < 1.29 is 8.42 Å². The smallest absolute Gasteiger partial charge is 0.250 e. The van der Waals surface area contributed by atoms with E-state index < -0.39 is 10.0 Å². The molecular formula is C9H12N4O2S2. The van der Waals surface area contributed by atoms with E-state index in [4.69, 9.17) is 5.73 Å². The van der Waals surface area contributed by atoms with E-state index in [1.165, 1.54) is 0 Å². The average Bonchev–Trinajstić information content (AvgIpc) is 2.98. The SMILES string of the molecule is NCc1csc(S(=O)(=O)NCc2ncc[nH]2)c1. The van der Waals surface area contributed by atoms with Crippen molar-refractivity contribution in [3.8, 4) is 0 Å². The highest BCUT2D eigenvalue weighted by atomic mass is 32.2. The van der Waals surface area contributed by atoms with Gasteiger partial charge in [-0.1, -0.05) is 0 Å². The van der Waals surface area contributed by atoms with Crippen LogP contribution in [0.1, 0.15) is 11.4 Å². The van der Waals surface area contributed by atoms with Gasteiger partial charge in [0.1, 0.15) is 10.0 Å². The van der Waals surface area contributed by atoms with E-state index in [2.05, 4.69) is 14.7 Å². The molecule has 0 spiro atoms. The second-order valence-corrected chi connectivity index (χ2v) is 6.24. The molecule has 2 aromatic rings. The van der Waals surface area contributed by atoms with Crippen molar-refractivity contribution in [2.24, 2.45) is 5.73 Å². The van der Waals surface area contributed by atoms with Crippen LogP contribution in [0, 0.1) is 0 Å². The number of sulfonamides is 1. The minimum atomic E-state index is -3.47. The molecule has 6 nitrogen and oxygen atoms in total. The summed E-state index contributed by atoms with van der Waals surface area (Å²) in [6.45, 7) is 0.482. The molecule has 2 rings (SSSR count). The zero-order valence-electron chi connectivity index (χ0n) is 8.88. The Morgan fingerprint density at radius 1 is 1.53 bits per heavy atom. The second kappa shape index (κ2) is 4.96. The third kappa shape index (κ3) is 2.91. The minimum absolute atomic E-state index is 0.144. The Balaban J connectivity index is 2.08. The molecular weight excluding hydrogens is 260 g/mol. The number of aromatic nitrogens is 2. The van der Waals surface area contributed by atoms with E-state index in [9.17, 15) is 8.42 Å². The van der Waals surface area contributed by atoms with Gasteiger partial charge >= 0.3 is 0 Å². The van der Waals surface area contributed by atoms with Crippen LogP contribution in [0.5, 0.6) is 0 Å². The maximum Gasteiger partial charge on any atom is 0.250 e. The molecule has 0 aliphatic rings. The van der Waals surface area contributed by atoms with E-state index in [0.717, 1.165) is 16.9 Å². The first-order valence-electron chi connectivity index (χ1n) is 4.87. The van der Waals surface area contributed by atoms with Gasteiger partial charge in [0.15, 0.2) is 0 Å². The zero-order chi connectivity index (χ0) is 12.3. The largest absolute Gasteiger partial charge is 0.347 e. The van der Waals surface area contributed by atoms with Crippen molar-refractivity contribution in [2.75, 3.05) is 0 Å². The normalized spacial score (nSPS) is 11.8. The van der Waals surface area contributed by atoms with E-state index in [1.807, 2.05) is 0 Å². The standard InChI is InChI=1S/C9H12N4O2S2/c10-4-7-3-9(16-6-7)17(14,15)13-5-8-11-1-2-12-8/h1-3,6,13H,4-5,10H2,(H,11,12). The summed E-state index contributed by atoms with van der Waals surface area (Å²) < 4.78 is 26.5. The molecule has 0 radical (unpaired) electrons. The van der Waals surface area contributed by atoms with E-state index in [0.29, 0.717) is 12.4 Å². The molecule has 0 bridgehead atoms. The number of aromatic amines is 1. The third-order valence-electron chi connectivity index (χ3n) is 2.11. The van der Waals surface area contributed by atoms with Gasteiger partial charge in [0.05, 0.1) is 6.54 Å². The highest BCUT2D eigenvalue weighted by Crippen LogP contribution is 2.19. The Kier molecular flexibility index (Phi) is 3.57. The van der Waals surface area contributed by atoms with E-state index in [-0.39, 0.29) is 10.8 Å². The molecule has 0 unspecified atom stereocenters. The number of nitrogens with one attached hydrogen (secondary N) is 2. The van der Waals surface area contributed by atoms with Crippen LogP contribution in [0.3, 0.4) is 0 Å². The van der Waals surface area contributed by atoms with Crippen LogP contribution >= 0.6 is 11.3 Å². The van der Waals surface area contributed by atoms with Gasteiger partial charge in [0, 0.05) is 18.9 Å². The summed E-state index contributed by atoms with van der Waals surface area (Å²) in [5.74, 6) is 0.573. The lowest BCUT2D eigenvalue weighted by Gasteiger charge is -2.02. The first-order chi connectivity index (χ1) is 8.12. The molecule has 2 aromatic heterocycles. The van der Waals surface area contributed by atoms with Crippen LogP contribution < -0.4 is 10.5 Å². The van der Waals surface area contributed by atoms with Crippen LogP contribution in [-0.4, -0.2) is 18.4 Å². The van der Waals surface area contributed by atoms with Gasteiger partial charge in [-0.3, -0.25) is 0 Å². The fourth-order valence-electron chi connectivity index (χ4n) is 1.23. The van der Waals surface area contributed by atoms with Gasteiger partial charge in [-0.2, -0.15) is 0 Å². The predicted molar refractivity (Wildman–Crippen MR) is 64.8 cm³/mol. The van der Waals surface area contributed by atoms with Gasteiger partial charge < -0.3 is 10.7 Å². The summed E-state index contributed by atoms with van der Waals surface area (Å²) in [4.78, 5) is 6.76. The summed E-state index contributed by atoms with van der Waals surface area (Å²) in [5.41, 5.74) is 6.25. The van der Waals surface area contributed by atoms with Crippen molar-refractivity contribution in [2.45, 2.75) is 17.3 Å². The van der Waals surface area contributed by atoms with E-state index in [1.54, 1.807) is 23.8 Å². The highest BCUT2D eigenvalue weighted by molar-refractivity contribution is 7.91. The molecule has 0 aliphatic carbocycles. The summed E-state index contributed by atoms with van der Waals surface area (Å²) in [5, 5.41) is 1.74. The minimum Gasteiger partial charge on any atom is -0.347 e. The molecule has 4 N–H and O–H groups in total. The van der Waals surface area contributed by atoms with Crippen molar-refractivity contribution in [1.29, 1.82) is 0 Å². The fourth-order valence-corrected chi connectivity index (χ4v) is 3.48. The second-order valence-electron chi connectivity index (χ2n) is 3.34. The number of H-pyrrole nitrogens is 1. The molecule has 0 saturated heterocycles. The molecule has 0 amide bonds. The topological polar surface area (TPSA) is 101 Å². The van der Waals surface area contributed by atoms with Crippen LogP contribution in [0.2, 0.25) is 0 Å². The summed E-state index contributed by atoms with van der Waals surface area (Å²) in [6.07, 6.45) is 3.21. The van der Waals surface area contributed by atoms with Crippen LogP contribution in [-0.2, 0) is 23.1 Å². The molecule has 92 valence electrons. The van der Waals surface area contributed by atoms with Crippen molar-refractivity contribution in [3.05, 3.63) is 35.2 Å². The van der Waals surface area contributed by atoms with Crippen molar-refractivity contribution >= 4 is 21.4 Å². The fraction of sp³-hybridized carbons (Fsp3) is 0.222. The first-order valence-corrected chi connectivity index (χ1v) is 7.23. The molecule has 17 heavy (non-hydrogen) atoms. The van der Waals surface area contributed by atoms with Crippen LogP contribution in [0.4, 0.5) is 0 Å². The third-order valence-corrected chi connectivity index (χ3v) is 5.00. The number of rotatable bonds is 5. The van der Waals surface area contributed by atoms with Gasteiger partial charge in [-0.15, -0.1) is 11.3 Å². The molecule has 0 atom stereocenters. The number of imidazole rings is 1. The van der Waals surface area contributed by atoms with Crippen LogP contribution in [0.15, 0.2) is 28.0 Å². The highest BCUT2D eigenvalue weighted by Gasteiger charge is 2.16. The van der Waals surface area contributed by atoms with Gasteiger partial charge in [-0.05, 0) is 17.0 Å². The Hall–Kier alpha value is -1.22. The number of hydrogen-bond donors (Lipinski definition) is 3. The Bertz CT molecular complexity index is 574. The Labute approximate surface area is 103 Å². The summed E-state index contributed by atoms with van der Waals surface area (Å²) in [6, 6.07) is 1.58. The summed E-state index contributed by atoms with van der Waals surface area (Å²) in [7, 11) is -3.47. The number of nitrogens with two attached hydrogens (primary N) is 1. The first kappa shape index (κ1) is 12.2. The Morgan fingerprint density at radius 2 is 2.35 bits per heavy atom. The maximum atomic E-state index is 11.9. The lowest BCUT2D eigenvalue weighted by atomic mass is 10.4. The van der Waals surface area contributed by atoms with E-state index >= 15 is 0 Å². The zero-order valence-corrected chi connectivity index (χ0v) is 10.5. The molecule has 0 aromatic carbocycles. The molecule has 8 heteroatoms. The lowest BCUT2D eigenvalue weighted by Crippen LogP contribution is -2.23.